The van der Waals surface area contributed by atoms with E-state index in [1.165, 1.54) is 12.3 Å². The number of allylic oxidation sites excluding steroid dienone is 1. The lowest BCUT2D eigenvalue weighted by molar-refractivity contribution is -0.118. The van der Waals surface area contributed by atoms with Gasteiger partial charge in [0.1, 0.15) is 11.9 Å². The van der Waals surface area contributed by atoms with Gasteiger partial charge in [0.15, 0.2) is 5.78 Å². The zero-order valence-electron chi connectivity index (χ0n) is 8.47. The molecular formula is C12H12O3. The van der Waals surface area contributed by atoms with Crippen LogP contribution in [0.25, 0.3) is 0 Å². The number of ether oxygens (including phenoxy) is 2. The van der Waals surface area contributed by atoms with Crippen LogP contribution in [-0.4, -0.2) is 12.9 Å². The topological polar surface area (TPSA) is 35.5 Å². The first-order chi connectivity index (χ1) is 7.31. The first-order valence-electron chi connectivity index (χ1n) is 4.79. The van der Waals surface area contributed by atoms with E-state index < -0.39 is 0 Å². The maximum Gasteiger partial charge on any atom is 0.162 e. The Labute approximate surface area is 88.3 Å². The van der Waals surface area contributed by atoms with Crippen molar-refractivity contribution < 1.29 is 14.3 Å². The third-order valence-electron chi connectivity index (χ3n) is 2.37. The highest BCUT2D eigenvalue weighted by molar-refractivity contribution is 5.90. The SMILES string of the molecule is COc1ccccc1C1CC(=O)C=CO1. The Morgan fingerprint density at radius 3 is 2.93 bits per heavy atom. The second-order valence-electron chi connectivity index (χ2n) is 3.34. The predicted molar refractivity (Wildman–Crippen MR) is 55.6 cm³/mol. The van der Waals surface area contributed by atoms with Crippen LogP contribution >= 0.6 is 0 Å². The lowest BCUT2D eigenvalue weighted by Gasteiger charge is -2.20. The molecule has 0 saturated heterocycles. The molecule has 2 rings (SSSR count). The Bertz CT molecular complexity index is 396. The normalized spacial score (nSPS) is 19.8. The predicted octanol–water partition coefficient (Wildman–Crippen LogP) is 2.24. The summed E-state index contributed by atoms with van der Waals surface area (Å²) >= 11 is 0. The molecule has 15 heavy (non-hydrogen) atoms. The maximum absolute atomic E-state index is 11.2. The van der Waals surface area contributed by atoms with Crippen LogP contribution in [0.3, 0.4) is 0 Å². The van der Waals surface area contributed by atoms with Crippen molar-refractivity contribution in [2.75, 3.05) is 7.11 Å². The van der Waals surface area contributed by atoms with E-state index in [0.29, 0.717) is 6.42 Å². The zero-order valence-corrected chi connectivity index (χ0v) is 8.47. The molecule has 1 aromatic carbocycles. The van der Waals surface area contributed by atoms with E-state index in [9.17, 15) is 4.79 Å². The van der Waals surface area contributed by atoms with Crippen molar-refractivity contribution >= 4 is 5.78 Å². The summed E-state index contributed by atoms with van der Waals surface area (Å²) in [4.78, 5) is 11.2. The summed E-state index contributed by atoms with van der Waals surface area (Å²) in [5.41, 5.74) is 0.915. The number of hydrogen-bond donors (Lipinski definition) is 0. The van der Waals surface area contributed by atoms with E-state index in [1.54, 1.807) is 7.11 Å². The number of rotatable bonds is 2. The van der Waals surface area contributed by atoms with Crippen molar-refractivity contribution in [2.24, 2.45) is 0 Å². The number of ketones is 1. The van der Waals surface area contributed by atoms with Gasteiger partial charge in [0, 0.05) is 11.6 Å². The Kier molecular flexibility index (Phi) is 2.72. The van der Waals surface area contributed by atoms with Gasteiger partial charge in [-0.2, -0.15) is 0 Å². The lowest BCUT2D eigenvalue weighted by atomic mass is 10.0. The van der Waals surface area contributed by atoms with E-state index in [-0.39, 0.29) is 11.9 Å². The highest BCUT2D eigenvalue weighted by Crippen LogP contribution is 2.31. The average molecular weight is 204 g/mol. The summed E-state index contributed by atoms with van der Waals surface area (Å²) in [5.74, 6) is 0.836. The fourth-order valence-corrected chi connectivity index (χ4v) is 1.62. The van der Waals surface area contributed by atoms with Gasteiger partial charge in [0.05, 0.1) is 19.8 Å². The molecule has 0 aromatic heterocycles. The van der Waals surface area contributed by atoms with Crippen LogP contribution < -0.4 is 4.74 Å². The van der Waals surface area contributed by atoms with Gasteiger partial charge < -0.3 is 9.47 Å². The van der Waals surface area contributed by atoms with Crippen LogP contribution in [0.5, 0.6) is 5.75 Å². The number of carbonyl (C=O) groups is 1. The number of benzene rings is 1. The molecule has 1 unspecified atom stereocenters. The van der Waals surface area contributed by atoms with Gasteiger partial charge in [-0.05, 0) is 6.07 Å². The molecule has 1 aliphatic heterocycles. The molecule has 0 radical (unpaired) electrons. The van der Waals surface area contributed by atoms with Crippen LogP contribution in [0.15, 0.2) is 36.6 Å². The van der Waals surface area contributed by atoms with Crippen LogP contribution in [0.4, 0.5) is 0 Å². The van der Waals surface area contributed by atoms with Gasteiger partial charge in [-0.1, -0.05) is 18.2 Å². The van der Waals surface area contributed by atoms with E-state index in [4.69, 9.17) is 9.47 Å². The fraction of sp³-hybridized carbons (Fsp3) is 0.250. The fourth-order valence-electron chi connectivity index (χ4n) is 1.62. The van der Waals surface area contributed by atoms with Crippen molar-refractivity contribution in [3.05, 3.63) is 42.2 Å². The van der Waals surface area contributed by atoms with Gasteiger partial charge in [-0.25, -0.2) is 0 Å². The van der Waals surface area contributed by atoms with Crippen LogP contribution in [-0.2, 0) is 9.53 Å². The van der Waals surface area contributed by atoms with Crippen molar-refractivity contribution in [3.63, 3.8) is 0 Å². The third kappa shape index (κ3) is 2.01. The minimum Gasteiger partial charge on any atom is -0.496 e. The second-order valence-corrected chi connectivity index (χ2v) is 3.34. The van der Waals surface area contributed by atoms with Gasteiger partial charge in [0.25, 0.3) is 0 Å². The summed E-state index contributed by atoms with van der Waals surface area (Å²) in [5, 5.41) is 0. The van der Waals surface area contributed by atoms with Crippen molar-refractivity contribution in [1.29, 1.82) is 0 Å². The van der Waals surface area contributed by atoms with Gasteiger partial charge in [-0.15, -0.1) is 0 Å². The molecule has 1 heterocycles. The Balaban J connectivity index is 2.29. The number of carbonyl (C=O) groups excluding carboxylic acids is 1. The Hall–Kier alpha value is -1.77. The van der Waals surface area contributed by atoms with Crippen molar-refractivity contribution in [1.82, 2.24) is 0 Å². The molecular weight excluding hydrogens is 192 g/mol. The van der Waals surface area contributed by atoms with Crippen molar-refractivity contribution in [3.8, 4) is 5.75 Å². The number of para-hydroxylation sites is 1. The number of methoxy groups -OCH3 is 1. The molecule has 0 N–H and O–H groups in total. The van der Waals surface area contributed by atoms with Gasteiger partial charge in [-0.3, -0.25) is 4.79 Å². The molecule has 0 fully saturated rings. The van der Waals surface area contributed by atoms with E-state index >= 15 is 0 Å². The first-order valence-corrected chi connectivity index (χ1v) is 4.79. The quantitative estimate of drug-likeness (QED) is 0.741. The van der Waals surface area contributed by atoms with Crippen LogP contribution in [0.1, 0.15) is 18.1 Å². The minimum atomic E-state index is -0.223. The smallest absolute Gasteiger partial charge is 0.162 e. The summed E-state index contributed by atoms with van der Waals surface area (Å²) in [6.45, 7) is 0. The van der Waals surface area contributed by atoms with Gasteiger partial charge >= 0.3 is 0 Å². The molecule has 0 saturated carbocycles. The molecule has 0 amide bonds. The molecule has 0 spiro atoms. The Morgan fingerprint density at radius 2 is 2.20 bits per heavy atom. The Morgan fingerprint density at radius 1 is 1.40 bits per heavy atom. The number of hydrogen-bond acceptors (Lipinski definition) is 3. The lowest BCUT2D eigenvalue weighted by Crippen LogP contribution is -2.12. The van der Waals surface area contributed by atoms with Crippen LogP contribution in [0.2, 0.25) is 0 Å². The average Bonchev–Trinajstić information content (AvgIpc) is 2.29. The maximum atomic E-state index is 11.2. The van der Waals surface area contributed by atoms with E-state index in [0.717, 1.165) is 11.3 Å². The summed E-state index contributed by atoms with van der Waals surface area (Å²) in [6.07, 6.45) is 3.05. The molecule has 3 heteroatoms. The van der Waals surface area contributed by atoms with Gasteiger partial charge in [0.2, 0.25) is 0 Å². The third-order valence-corrected chi connectivity index (χ3v) is 2.37. The molecule has 0 aliphatic carbocycles. The summed E-state index contributed by atoms with van der Waals surface area (Å²) in [6, 6.07) is 7.57. The molecule has 1 aromatic rings. The highest BCUT2D eigenvalue weighted by atomic mass is 16.5. The summed E-state index contributed by atoms with van der Waals surface area (Å²) < 4.78 is 10.6. The standard InChI is InChI=1S/C12H12O3/c1-14-11-5-3-2-4-10(11)12-8-9(13)6-7-15-12/h2-7,12H,8H2,1H3. The monoisotopic (exact) mass is 204 g/mol. The zero-order chi connectivity index (χ0) is 10.7. The van der Waals surface area contributed by atoms with Crippen molar-refractivity contribution in [2.45, 2.75) is 12.5 Å². The van der Waals surface area contributed by atoms with E-state index in [2.05, 4.69) is 0 Å². The molecule has 78 valence electrons. The minimum absolute atomic E-state index is 0.0807. The molecule has 3 nitrogen and oxygen atoms in total. The van der Waals surface area contributed by atoms with E-state index in [1.807, 2.05) is 24.3 Å². The largest absolute Gasteiger partial charge is 0.496 e. The molecule has 0 bridgehead atoms. The van der Waals surface area contributed by atoms with Crippen LogP contribution in [0, 0.1) is 0 Å². The second kappa shape index (κ2) is 4.17. The molecule has 1 atom stereocenters. The summed E-state index contributed by atoms with van der Waals surface area (Å²) in [7, 11) is 1.61. The highest BCUT2D eigenvalue weighted by Gasteiger charge is 2.21. The first kappa shape index (κ1) is 9.77. The molecule has 1 aliphatic rings.